The molecule has 2 fully saturated rings. The molecular weight excluding hydrogens is 236 g/mol. The maximum Gasteiger partial charge on any atom is 0.218 e. The van der Waals surface area contributed by atoms with E-state index < -0.39 is 10.0 Å². The monoisotopic (exact) mass is 260 g/mol. The molecule has 0 spiro atoms. The Morgan fingerprint density at radius 1 is 1.35 bits per heavy atom. The molecule has 1 saturated carbocycles. The summed E-state index contributed by atoms with van der Waals surface area (Å²) in [5.74, 6) is 0.489. The van der Waals surface area contributed by atoms with Crippen molar-refractivity contribution in [3.8, 4) is 0 Å². The van der Waals surface area contributed by atoms with Crippen molar-refractivity contribution >= 4 is 10.0 Å². The molecule has 1 heterocycles. The molecule has 0 amide bonds. The zero-order valence-electron chi connectivity index (χ0n) is 11.0. The maximum absolute atomic E-state index is 12.4. The van der Waals surface area contributed by atoms with E-state index in [-0.39, 0.29) is 11.3 Å². The van der Waals surface area contributed by atoms with E-state index in [2.05, 4.69) is 12.2 Å². The van der Waals surface area contributed by atoms with E-state index in [0.29, 0.717) is 25.0 Å². The molecule has 2 rings (SSSR count). The van der Waals surface area contributed by atoms with Crippen molar-refractivity contribution in [2.45, 2.75) is 57.4 Å². The SMILES string of the molecule is CC1CC(C)N(S(=O)(=O)C(C)CNC2CC2)C1. The van der Waals surface area contributed by atoms with Crippen LogP contribution in [0.25, 0.3) is 0 Å². The summed E-state index contributed by atoms with van der Waals surface area (Å²) in [6.07, 6.45) is 3.38. The summed E-state index contributed by atoms with van der Waals surface area (Å²) in [5, 5.41) is 3.00. The number of rotatable bonds is 5. The van der Waals surface area contributed by atoms with Crippen LogP contribution in [-0.2, 0) is 10.0 Å². The van der Waals surface area contributed by atoms with Crippen molar-refractivity contribution in [2.24, 2.45) is 5.92 Å². The normalized spacial score (nSPS) is 32.9. The van der Waals surface area contributed by atoms with E-state index in [1.165, 1.54) is 12.8 Å². The van der Waals surface area contributed by atoms with Gasteiger partial charge in [0.25, 0.3) is 0 Å². The van der Waals surface area contributed by atoms with Crippen LogP contribution in [0, 0.1) is 5.92 Å². The minimum absolute atomic E-state index is 0.165. The molecule has 1 aliphatic carbocycles. The van der Waals surface area contributed by atoms with E-state index in [1.807, 2.05) is 13.8 Å². The maximum atomic E-state index is 12.4. The molecule has 0 radical (unpaired) electrons. The van der Waals surface area contributed by atoms with Gasteiger partial charge in [-0.1, -0.05) is 6.92 Å². The Labute approximate surface area is 105 Å². The first-order valence-corrected chi connectivity index (χ1v) is 8.15. The average Bonchev–Trinajstić information content (AvgIpc) is 3.00. The number of sulfonamides is 1. The van der Waals surface area contributed by atoms with Gasteiger partial charge in [-0.15, -0.1) is 0 Å². The summed E-state index contributed by atoms with van der Waals surface area (Å²) < 4.78 is 26.5. The van der Waals surface area contributed by atoms with Gasteiger partial charge in [-0.3, -0.25) is 0 Å². The highest BCUT2D eigenvalue weighted by atomic mass is 32.2. The summed E-state index contributed by atoms with van der Waals surface area (Å²) >= 11 is 0. The molecule has 1 N–H and O–H groups in total. The fourth-order valence-corrected chi connectivity index (χ4v) is 4.39. The lowest BCUT2D eigenvalue weighted by molar-refractivity contribution is 0.397. The quantitative estimate of drug-likeness (QED) is 0.808. The number of hydrogen-bond acceptors (Lipinski definition) is 3. The number of nitrogens with zero attached hydrogens (tertiary/aromatic N) is 1. The van der Waals surface area contributed by atoms with Crippen LogP contribution >= 0.6 is 0 Å². The molecular formula is C12H24N2O2S. The molecule has 17 heavy (non-hydrogen) atoms. The van der Waals surface area contributed by atoms with Gasteiger partial charge in [-0.2, -0.15) is 4.31 Å². The molecule has 0 bridgehead atoms. The fourth-order valence-electron chi connectivity index (χ4n) is 2.57. The van der Waals surface area contributed by atoms with Crippen molar-refractivity contribution < 1.29 is 8.42 Å². The van der Waals surface area contributed by atoms with Gasteiger partial charge in [0.15, 0.2) is 0 Å². The van der Waals surface area contributed by atoms with Crippen molar-refractivity contribution in [1.82, 2.24) is 9.62 Å². The van der Waals surface area contributed by atoms with Gasteiger partial charge in [0, 0.05) is 25.2 Å². The van der Waals surface area contributed by atoms with Crippen molar-refractivity contribution in [1.29, 1.82) is 0 Å². The van der Waals surface area contributed by atoms with Crippen LogP contribution in [0.5, 0.6) is 0 Å². The molecule has 1 aliphatic heterocycles. The van der Waals surface area contributed by atoms with Gasteiger partial charge in [-0.25, -0.2) is 8.42 Å². The molecule has 3 atom stereocenters. The van der Waals surface area contributed by atoms with Gasteiger partial charge in [0.05, 0.1) is 5.25 Å². The molecule has 100 valence electrons. The summed E-state index contributed by atoms with van der Waals surface area (Å²) in [6.45, 7) is 7.24. The van der Waals surface area contributed by atoms with E-state index in [1.54, 1.807) is 4.31 Å². The second-order valence-electron chi connectivity index (χ2n) is 5.80. The Kier molecular flexibility index (Phi) is 3.80. The topological polar surface area (TPSA) is 49.4 Å². The van der Waals surface area contributed by atoms with Gasteiger partial charge in [0.1, 0.15) is 0 Å². The Balaban J connectivity index is 1.96. The van der Waals surface area contributed by atoms with Crippen LogP contribution in [0.4, 0.5) is 0 Å². The summed E-state index contributed by atoms with van der Waals surface area (Å²) in [5.41, 5.74) is 0. The molecule has 2 aliphatic rings. The van der Waals surface area contributed by atoms with E-state index in [4.69, 9.17) is 0 Å². The summed E-state index contributed by atoms with van der Waals surface area (Å²) in [4.78, 5) is 0. The van der Waals surface area contributed by atoms with Gasteiger partial charge in [-0.05, 0) is 39.0 Å². The molecule has 0 aromatic rings. The molecule has 0 aromatic heterocycles. The highest BCUT2D eigenvalue weighted by Gasteiger charge is 2.38. The molecule has 0 aromatic carbocycles. The zero-order chi connectivity index (χ0) is 12.6. The molecule has 5 heteroatoms. The third kappa shape index (κ3) is 3.01. The Hall–Kier alpha value is -0.130. The Morgan fingerprint density at radius 2 is 2.00 bits per heavy atom. The van der Waals surface area contributed by atoms with Crippen LogP contribution in [-0.4, -0.2) is 43.1 Å². The van der Waals surface area contributed by atoms with Crippen LogP contribution < -0.4 is 5.32 Å². The summed E-state index contributed by atoms with van der Waals surface area (Å²) in [7, 11) is -3.12. The second-order valence-corrected chi connectivity index (χ2v) is 8.10. The lowest BCUT2D eigenvalue weighted by atomic mass is 10.1. The minimum atomic E-state index is -3.12. The standard InChI is InChI=1S/C12H24N2O2S/c1-9-6-10(2)14(8-9)17(15,16)11(3)7-13-12-4-5-12/h9-13H,4-8H2,1-3H3. The van der Waals surface area contributed by atoms with Crippen LogP contribution in [0.2, 0.25) is 0 Å². The zero-order valence-corrected chi connectivity index (χ0v) is 11.8. The van der Waals surface area contributed by atoms with Crippen LogP contribution in [0.1, 0.15) is 40.0 Å². The third-order valence-electron chi connectivity index (χ3n) is 3.83. The van der Waals surface area contributed by atoms with Gasteiger partial charge >= 0.3 is 0 Å². The Bertz CT molecular complexity index is 365. The largest absolute Gasteiger partial charge is 0.313 e. The van der Waals surface area contributed by atoms with Crippen LogP contribution in [0.3, 0.4) is 0 Å². The van der Waals surface area contributed by atoms with E-state index >= 15 is 0 Å². The smallest absolute Gasteiger partial charge is 0.218 e. The molecule has 4 nitrogen and oxygen atoms in total. The highest BCUT2D eigenvalue weighted by Crippen LogP contribution is 2.27. The summed E-state index contributed by atoms with van der Waals surface area (Å²) in [6, 6.07) is 0.737. The average molecular weight is 260 g/mol. The number of nitrogens with one attached hydrogen (secondary N) is 1. The first kappa shape index (κ1) is 13.3. The van der Waals surface area contributed by atoms with E-state index in [0.717, 1.165) is 6.42 Å². The minimum Gasteiger partial charge on any atom is -0.313 e. The molecule has 1 saturated heterocycles. The van der Waals surface area contributed by atoms with Gasteiger partial charge < -0.3 is 5.32 Å². The fraction of sp³-hybridized carbons (Fsp3) is 1.00. The Morgan fingerprint density at radius 3 is 2.47 bits per heavy atom. The first-order chi connectivity index (χ1) is 7.91. The van der Waals surface area contributed by atoms with Crippen LogP contribution in [0.15, 0.2) is 0 Å². The lowest BCUT2D eigenvalue weighted by Gasteiger charge is -2.25. The molecule has 3 unspecified atom stereocenters. The van der Waals surface area contributed by atoms with Gasteiger partial charge in [0.2, 0.25) is 10.0 Å². The third-order valence-corrected chi connectivity index (χ3v) is 6.18. The highest BCUT2D eigenvalue weighted by molar-refractivity contribution is 7.89. The lowest BCUT2D eigenvalue weighted by Crippen LogP contribution is -2.43. The first-order valence-electron chi connectivity index (χ1n) is 6.65. The number of hydrogen-bond donors (Lipinski definition) is 1. The predicted molar refractivity (Wildman–Crippen MR) is 69.4 cm³/mol. The van der Waals surface area contributed by atoms with Crippen molar-refractivity contribution in [3.63, 3.8) is 0 Å². The predicted octanol–water partition coefficient (Wildman–Crippen LogP) is 1.19. The van der Waals surface area contributed by atoms with Crippen molar-refractivity contribution in [3.05, 3.63) is 0 Å². The second kappa shape index (κ2) is 4.86. The van der Waals surface area contributed by atoms with Crippen molar-refractivity contribution in [2.75, 3.05) is 13.1 Å². The van der Waals surface area contributed by atoms with E-state index in [9.17, 15) is 8.42 Å².